The van der Waals surface area contributed by atoms with Crippen molar-refractivity contribution in [3.8, 4) is 0 Å². The minimum absolute atomic E-state index is 0.341. The van der Waals surface area contributed by atoms with Crippen LogP contribution in [0.1, 0.15) is 35.5 Å². The highest BCUT2D eigenvalue weighted by Crippen LogP contribution is 2.13. The van der Waals surface area contributed by atoms with E-state index in [-0.39, 0.29) is 0 Å². The summed E-state index contributed by atoms with van der Waals surface area (Å²) in [7, 11) is 0. The topological polar surface area (TPSA) is 24.9 Å². The molecule has 18 heavy (non-hydrogen) atoms. The van der Waals surface area contributed by atoms with Crippen molar-refractivity contribution >= 4 is 0 Å². The summed E-state index contributed by atoms with van der Waals surface area (Å²) < 4.78 is 0. The molecule has 1 heterocycles. The number of pyridine rings is 1. The van der Waals surface area contributed by atoms with Crippen LogP contribution in [0.25, 0.3) is 0 Å². The summed E-state index contributed by atoms with van der Waals surface area (Å²) in [6.07, 6.45) is 0. The van der Waals surface area contributed by atoms with Crippen molar-refractivity contribution in [2.24, 2.45) is 0 Å². The predicted molar refractivity (Wildman–Crippen MR) is 75.4 cm³/mol. The molecule has 0 saturated carbocycles. The van der Waals surface area contributed by atoms with Crippen molar-refractivity contribution in [3.05, 3.63) is 65.0 Å². The fourth-order valence-corrected chi connectivity index (χ4v) is 1.93. The number of nitrogens with one attached hydrogen (secondary N) is 1. The van der Waals surface area contributed by atoms with E-state index >= 15 is 0 Å². The van der Waals surface area contributed by atoms with Gasteiger partial charge in [0.2, 0.25) is 0 Å². The van der Waals surface area contributed by atoms with Crippen molar-refractivity contribution in [2.75, 3.05) is 0 Å². The normalized spacial score (nSPS) is 12.4. The molecule has 1 aromatic heterocycles. The highest BCUT2D eigenvalue weighted by Gasteiger charge is 2.04. The zero-order valence-corrected chi connectivity index (χ0v) is 11.3. The molecule has 0 fully saturated rings. The number of nitrogens with zero attached hydrogens (tertiary/aromatic N) is 1. The molecule has 1 aromatic carbocycles. The molecule has 0 spiro atoms. The number of aryl methyl sites for hydroxylation is 2. The summed E-state index contributed by atoms with van der Waals surface area (Å²) in [5, 5.41) is 3.50. The quantitative estimate of drug-likeness (QED) is 0.884. The van der Waals surface area contributed by atoms with E-state index in [4.69, 9.17) is 0 Å². The first kappa shape index (κ1) is 12.8. The second kappa shape index (κ2) is 5.78. The lowest BCUT2D eigenvalue weighted by atomic mass is 10.1. The van der Waals surface area contributed by atoms with Gasteiger partial charge in [0.15, 0.2) is 0 Å². The third-order valence-corrected chi connectivity index (χ3v) is 3.11. The van der Waals surface area contributed by atoms with Gasteiger partial charge in [-0.3, -0.25) is 4.98 Å². The predicted octanol–water partition coefficient (Wildman–Crippen LogP) is 3.55. The average Bonchev–Trinajstić information content (AvgIpc) is 2.37. The number of hydrogen-bond donors (Lipinski definition) is 1. The monoisotopic (exact) mass is 240 g/mol. The lowest BCUT2D eigenvalue weighted by Crippen LogP contribution is -2.18. The van der Waals surface area contributed by atoms with Gasteiger partial charge in [-0.15, -0.1) is 0 Å². The molecular formula is C16H20N2. The van der Waals surface area contributed by atoms with E-state index in [0.29, 0.717) is 6.04 Å². The molecule has 2 rings (SSSR count). The van der Waals surface area contributed by atoms with Crippen LogP contribution in [0, 0.1) is 13.8 Å². The molecule has 0 amide bonds. The van der Waals surface area contributed by atoms with Gasteiger partial charge in [0, 0.05) is 18.3 Å². The molecule has 0 saturated heterocycles. The Kier molecular flexibility index (Phi) is 4.11. The molecule has 94 valence electrons. The summed E-state index contributed by atoms with van der Waals surface area (Å²) >= 11 is 0. The first-order valence-corrected chi connectivity index (χ1v) is 6.37. The summed E-state index contributed by atoms with van der Waals surface area (Å²) in [6.45, 7) is 7.11. The van der Waals surface area contributed by atoms with Gasteiger partial charge in [0.1, 0.15) is 0 Å². The van der Waals surface area contributed by atoms with E-state index in [2.05, 4.69) is 60.5 Å². The molecule has 0 unspecified atom stereocenters. The van der Waals surface area contributed by atoms with Crippen LogP contribution < -0.4 is 5.32 Å². The first-order valence-electron chi connectivity index (χ1n) is 6.37. The van der Waals surface area contributed by atoms with E-state index in [1.807, 2.05) is 13.0 Å². The Morgan fingerprint density at radius 1 is 1.06 bits per heavy atom. The molecule has 0 aliphatic rings. The van der Waals surface area contributed by atoms with Gasteiger partial charge in [-0.2, -0.15) is 0 Å². The van der Waals surface area contributed by atoms with Crippen LogP contribution in [0.15, 0.2) is 42.5 Å². The Labute approximate surface area is 109 Å². The molecule has 0 aliphatic carbocycles. The Balaban J connectivity index is 1.96. The molecule has 0 aliphatic heterocycles. The lowest BCUT2D eigenvalue weighted by molar-refractivity contribution is 0.567. The van der Waals surface area contributed by atoms with Gasteiger partial charge < -0.3 is 5.32 Å². The zero-order chi connectivity index (χ0) is 13.0. The largest absolute Gasteiger partial charge is 0.305 e. The molecule has 2 heteroatoms. The van der Waals surface area contributed by atoms with Gasteiger partial charge in [0.25, 0.3) is 0 Å². The molecule has 2 nitrogen and oxygen atoms in total. The van der Waals surface area contributed by atoms with E-state index in [1.54, 1.807) is 0 Å². The van der Waals surface area contributed by atoms with Crippen molar-refractivity contribution < 1.29 is 0 Å². The summed E-state index contributed by atoms with van der Waals surface area (Å²) in [6, 6.07) is 15.1. The number of benzene rings is 1. The minimum Gasteiger partial charge on any atom is -0.305 e. The number of aromatic nitrogens is 1. The van der Waals surface area contributed by atoms with Crippen molar-refractivity contribution in [3.63, 3.8) is 0 Å². The van der Waals surface area contributed by atoms with Gasteiger partial charge >= 0.3 is 0 Å². The summed E-state index contributed by atoms with van der Waals surface area (Å²) in [4.78, 5) is 4.49. The first-order chi connectivity index (χ1) is 8.65. The molecule has 1 N–H and O–H groups in total. The Morgan fingerprint density at radius 3 is 2.44 bits per heavy atom. The van der Waals surface area contributed by atoms with E-state index in [9.17, 15) is 0 Å². The maximum atomic E-state index is 4.49. The molecule has 1 atom stereocenters. The van der Waals surface area contributed by atoms with E-state index < -0.39 is 0 Å². The van der Waals surface area contributed by atoms with Gasteiger partial charge in [0.05, 0.1) is 5.69 Å². The smallest absolute Gasteiger partial charge is 0.0545 e. The van der Waals surface area contributed by atoms with Crippen molar-refractivity contribution in [2.45, 2.75) is 33.4 Å². The average molecular weight is 240 g/mol. The fraction of sp³-hybridized carbons (Fsp3) is 0.312. The third-order valence-electron chi connectivity index (χ3n) is 3.11. The third kappa shape index (κ3) is 3.41. The Morgan fingerprint density at radius 2 is 1.78 bits per heavy atom. The molecule has 0 radical (unpaired) electrons. The minimum atomic E-state index is 0.341. The van der Waals surface area contributed by atoms with E-state index in [0.717, 1.165) is 17.9 Å². The number of hydrogen-bond acceptors (Lipinski definition) is 2. The fourth-order valence-electron chi connectivity index (χ4n) is 1.93. The molecular weight excluding hydrogens is 220 g/mol. The van der Waals surface area contributed by atoms with Crippen LogP contribution in [0.3, 0.4) is 0 Å². The maximum absolute atomic E-state index is 4.49. The van der Waals surface area contributed by atoms with E-state index in [1.165, 1.54) is 11.1 Å². The molecule has 2 aromatic rings. The molecule has 0 bridgehead atoms. The van der Waals surface area contributed by atoms with Gasteiger partial charge in [-0.05, 0) is 38.5 Å². The Bertz CT molecular complexity index is 503. The van der Waals surface area contributed by atoms with Crippen molar-refractivity contribution in [1.82, 2.24) is 10.3 Å². The van der Waals surface area contributed by atoms with Crippen LogP contribution in [-0.4, -0.2) is 4.98 Å². The lowest BCUT2D eigenvalue weighted by Gasteiger charge is -2.14. The van der Waals surface area contributed by atoms with Crippen LogP contribution in [0.4, 0.5) is 0 Å². The number of rotatable bonds is 4. The van der Waals surface area contributed by atoms with Crippen LogP contribution in [-0.2, 0) is 6.54 Å². The second-order valence-electron chi connectivity index (χ2n) is 4.78. The van der Waals surface area contributed by atoms with Crippen molar-refractivity contribution in [1.29, 1.82) is 0 Å². The van der Waals surface area contributed by atoms with Gasteiger partial charge in [-0.1, -0.05) is 35.9 Å². The standard InChI is InChI=1S/C16H20N2/c1-12-7-9-15(10-8-12)14(3)17-11-16-6-4-5-13(2)18-16/h4-10,14,17H,11H2,1-3H3/t14-/m1/s1. The highest BCUT2D eigenvalue weighted by molar-refractivity contribution is 5.23. The SMILES string of the molecule is Cc1ccc([C@@H](C)NCc2cccc(C)n2)cc1. The maximum Gasteiger partial charge on any atom is 0.0545 e. The van der Waals surface area contributed by atoms with Gasteiger partial charge in [-0.25, -0.2) is 0 Å². The van der Waals surface area contributed by atoms with Crippen LogP contribution in [0.2, 0.25) is 0 Å². The summed E-state index contributed by atoms with van der Waals surface area (Å²) in [5.41, 5.74) is 4.77. The second-order valence-corrected chi connectivity index (χ2v) is 4.78. The highest BCUT2D eigenvalue weighted by atomic mass is 14.9. The summed E-state index contributed by atoms with van der Waals surface area (Å²) in [5.74, 6) is 0. The van der Waals surface area contributed by atoms with Crippen LogP contribution in [0.5, 0.6) is 0 Å². The Hall–Kier alpha value is -1.67. The van der Waals surface area contributed by atoms with Crippen LogP contribution >= 0.6 is 0 Å². The zero-order valence-electron chi connectivity index (χ0n) is 11.3.